The van der Waals surface area contributed by atoms with Crippen LogP contribution in [0.4, 0.5) is 0 Å². The standard InChI is InChI=1S/C22H25N3O3/c26-15-21(27)20-12-19-14-24(10-11-25(19)23-20)13-18-8-4-5-9-22(18)28-16-17-6-2-1-3-7-17/h1-9,12,21,26-27H,10-11,13-16H2/t21-/m1/s1. The van der Waals surface area contributed by atoms with E-state index in [1.54, 1.807) is 0 Å². The van der Waals surface area contributed by atoms with Crippen molar-refractivity contribution in [3.8, 4) is 5.75 Å². The third kappa shape index (κ3) is 4.25. The molecule has 0 radical (unpaired) electrons. The summed E-state index contributed by atoms with van der Waals surface area (Å²) in [4.78, 5) is 2.34. The molecule has 3 aromatic rings. The van der Waals surface area contributed by atoms with Crippen LogP contribution in [0.25, 0.3) is 0 Å². The lowest BCUT2D eigenvalue weighted by atomic mass is 10.1. The van der Waals surface area contributed by atoms with Crippen LogP contribution < -0.4 is 4.74 Å². The Morgan fingerprint density at radius 2 is 1.82 bits per heavy atom. The van der Waals surface area contributed by atoms with Gasteiger partial charge in [-0.3, -0.25) is 9.58 Å². The SMILES string of the molecule is OC[C@@H](O)c1cc2n(n1)CCN(Cc1ccccc1OCc1ccccc1)C2. The van der Waals surface area contributed by atoms with Crippen molar-refractivity contribution in [1.29, 1.82) is 0 Å². The van der Waals surface area contributed by atoms with Gasteiger partial charge >= 0.3 is 0 Å². The number of ether oxygens (including phenoxy) is 1. The van der Waals surface area contributed by atoms with Crippen LogP contribution in [0.5, 0.6) is 5.75 Å². The highest BCUT2D eigenvalue weighted by molar-refractivity contribution is 5.33. The summed E-state index contributed by atoms with van der Waals surface area (Å²) in [6.45, 7) is 3.41. The summed E-state index contributed by atoms with van der Waals surface area (Å²) in [5.74, 6) is 0.904. The molecule has 1 aliphatic heterocycles. The van der Waals surface area contributed by atoms with Crippen molar-refractivity contribution in [3.63, 3.8) is 0 Å². The van der Waals surface area contributed by atoms with Gasteiger partial charge < -0.3 is 14.9 Å². The molecule has 1 atom stereocenters. The predicted molar refractivity (Wildman–Crippen MR) is 106 cm³/mol. The van der Waals surface area contributed by atoms with Crippen molar-refractivity contribution in [2.24, 2.45) is 0 Å². The molecule has 0 bridgehead atoms. The Morgan fingerprint density at radius 1 is 1.04 bits per heavy atom. The number of hydrogen-bond donors (Lipinski definition) is 2. The van der Waals surface area contributed by atoms with Gasteiger partial charge in [0.1, 0.15) is 18.5 Å². The summed E-state index contributed by atoms with van der Waals surface area (Å²) < 4.78 is 8.00. The maximum atomic E-state index is 9.81. The molecule has 2 aromatic carbocycles. The molecule has 0 spiro atoms. The first-order valence-electron chi connectivity index (χ1n) is 9.55. The Hall–Kier alpha value is -2.67. The van der Waals surface area contributed by atoms with Crippen LogP contribution in [0.2, 0.25) is 0 Å². The van der Waals surface area contributed by atoms with E-state index in [-0.39, 0.29) is 6.61 Å². The van der Waals surface area contributed by atoms with E-state index in [1.807, 2.05) is 47.1 Å². The topological polar surface area (TPSA) is 70.8 Å². The van der Waals surface area contributed by atoms with Gasteiger partial charge in [0.05, 0.1) is 24.5 Å². The van der Waals surface area contributed by atoms with Crippen molar-refractivity contribution >= 4 is 0 Å². The molecule has 1 aromatic heterocycles. The molecular formula is C22H25N3O3. The largest absolute Gasteiger partial charge is 0.489 e. The lowest BCUT2D eigenvalue weighted by Crippen LogP contribution is -2.33. The number of fused-ring (bicyclic) bond motifs is 1. The van der Waals surface area contributed by atoms with Crippen LogP contribution in [0.15, 0.2) is 60.7 Å². The highest BCUT2D eigenvalue weighted by atomic mass is 16.5. The van der Waals surface area contributed by atoms with Gasteiger partial charge in [0.2, 0.25) is 0 Å². The molecule has 146 valence electrons. The average molecular weight is 379 g/mol. The van der Waals surface area contributed by atoms with Crippen molar-refractivity contribution in [2.75, 3.05) is 13.2 Å². The van der Waals surface area contributed by atoms with Crippen molar-refractivity contribution < 1.29 is 14.9 Å². The van der Waals surface area contributed by atoms with Crippen molar-refractivity contribution in [2.45, 2.75) is 32.3 Å². The number of aliphatic hydroxyl groups is 2. The van der Waals surface area contributed by atoms with E-state index in [0.717, 1.165) is 48.7 Å². The molecule has 1 aliphatic rings. The second kappa shape index (κ2) is 8.56. The lowest BCUT2D eigenvalue weighted by Gasteiger charge is -2.28. The minimum atomic E-state index is -0.918. The molecule has 6 nitrogen and oxygen atoms in total. The second-order valence-corrected chi connectivity index (χ2v) is 7.07. The van der Waals surface area contributed by atoms with Crippen LogP contribution in [-0.4, -0.2) is 38.0 Å². The zero-order chi connectivity index (χ0) is 19.3. The van der Waals surface area contributed by atoms with E-state index >= 15 is 0 Å². The minimum Gasteiger partial charge on any atom is -0.489 e. The van der Waals surface area contributed by atoms with Gasteiger partial charge in [-0.15, -0.1) is 0 Å². The molecular weight excluding hydrogens is 354 g/mol. The Bertz CT molecular complexity index is 910. The van der Waals surface area contributed by atoms with E-state index < -0.39 is 6.10 Å². The first-order chi connectivity index (χ1) is 13.7. The molecule has 2 N–H and O–H groups in total. The number of rotatable bonds is 7. The maximum absolute atomic E-state index is 9.81. The first kappa shape index (κ1) is 18.7. The normalized spacial score (nSPS) is 15.2. The minimum absolute atomic E-state index is 0.313. The summed E-state index contributed by atoms with van der Waals surface area (Å²) in [6.07, 6.45) is -0.918. The van der Waals surface area contributed by atoms with E-state index in [1.165, 1.54) is 0 Å². The highest BCUT2D eigenvalue weighted by Gasteiger charge is 2.21. The Kier molecular flexibility index (Phi) is 5.71. The second-order valence-electron chi connectivity index (χ2n) is 7.07. The molecule has 28 heavy (non-hydrogen) atoms. The molecule has 0 aliphatic carbocycles. The van der Waals surface area contributed by atoms with Gasteiger partial charge in [0, 0.05) is 25.2 Å². The van der Waals surface area contributed by atoms with Gasteiger partial charge in [-0.1, -0.05) is 48.5 Å². The molecule has 4 rings (SSSR count). The molecule has 2 heterocycles. The molecule has 0 unspecified atom stereocenters. The first-order valence-corrected chi connectivity index (χ1v) is 9.55. The number of hydrogen-bond acceptors (Lipinski definition) is 5. The number of aliphatic hydroxyl groups excluding tert-OH is 2. The highest BCUT2D eigenvalue weighted by Crippen LogP contribution is 2.24. The van der Waals surface area contributed by atoms with Gasteiger partial charge in [-0.2, -0.15) is 5.10 Å². The third-order valence-corrected chi connectivity index (χ3v) is 5.01. The van der Waals surface area contributed by atoms with Crippen LogP contribution in [-0.2, 0) is 26.2 Å². The zero-order valence-electron chi connectivity index (χ0n) is 15.7. The van der Waals surface area contributed by atoms with Crippen molar-refractivity contribution in [3.05, 3.63) is 83.2 Å². The fraction of sp³-hybridized carbons (Fsp3) is 0.318. The Balaban J connectivity index is 1.43. The quantitative estimate of drug-likeness (QED) is 0.660. The van der Waals surface area contributed by atoms with Gasteiger partial charge in [0.15, 0.2) is 0 Å². The van der Waals surface area contributed by atoms with Crippen LogP contribution >= 0.6 is 0 Å². The number of benzene rings is 2. The van der Waals surface area contributed by atoms with E-state index in [4.69, 9.17) is 9.84 Å². The summed E-state index contributed by atoms with van der Waals surface area (Å²) in [5.41, 5.74) is 3.89. The van der Waals surface area contributed by atoms with Gasteiger partial charge in [-0.25, -0.2) is 0 Å². The van der Waals surface area contributed by atoms with Crippen LogP contribution in [0.1, 0.15) is 28.6 Å². The summed E-state index contributed by atoms with van der Waals surface area (Å²) in [5, 5.41) is 23.3. The fourth-order valence-corrected chi connectivity index (χ4v) is 3.49. The predicted octanol–water partition coefficient (Wildman–Crippen LogP) is 2.50. The van der Waals surface area contributed by atoms with Gasteiger partial charge in [0.25, 0.3) is 0 Å². The summed E-state index contributed by atoms with van der Waals surface area (Å²) in [7, 11) is 0. The van der Waals surface area contributed by atoms with E-state index in [9.17, 15) is 5.11 Å². The molecule has 0 fully saturated rings. The summed E-state index contributed by atoms with van der Waals surface area (Å²) in [6, 6.07) is 20.2. The Morgan fingerprint density at radius 3 is 2.64 bits per heavy atom. The monoisotopic (exact) mass is 379 g/mol. The summed E-state index contributed by atoms with van der Waals surface area (Å²) >= 11 is 0. The third-order valence-electron chi connectivity index (χ3n) is 5.01. The Labute approximate surface area is 164 Å². The molecule has 0 saturated carbocycles. The lowest BCUT2D eigenvalue weighted by molar-refractivity contribution is 0.0915. The fourth-order valence-electron chi connectivity index (χ4n) is 3.49. The number of para-hydroxylation sites is 1. The zero-order valence-corrected chi connectivity index (χ0v) is 15.7. The average Bonchev–Trinajstić information content (AvgIpc) is 3.17. The van der Waals surface area contributed by atoms with E-state index in [0.29, 0.717) is 12.3 Å². The molecule has 6 heteroatoms. The maximum Gasteiger partial charge on any atom is 0.124 e. The van der Waals surface area contributed by atoms with E-state index in [2.05, 4.69) is 28.2 Å². The van der Waals surface area contributed by atoms with Crippen LogP contribution in [0, 0.1) is 0 Å². The van der Waals surface area contributed by atoms with Crippen molar-refractivity contribution in [1.82, 2.24) is 14.7 Å². The number of aromatic nitrogens is 2. The van der Waals surface area contributed by atoms with Crippen LogP contribution in [0.3, 0.4) is 0 Å². The molecule has 0 saturated heterocycles. The smallest absolute Gasteiger partial charge is 0.124 e. The molecule has 0 amide bonds. The van der Waals surface area contributed by atoms with Gasteiger partial charge in [-0.05, 0) is 17.7 Å². The number of nitrogens with zero attached hydrogens (tertiary/aromatic N) is 3.